The maximum absolute atomic E-state index is 13.0. The molecule has 0 aliphatic carbocycles. The summed E-state index contributed by atoms with van der Waals surface area (Å²) in [5, 5.41) is 10.9. The van der Waals surface area contributed by atoms with E-state index in [0.717, 1.165) is 5.69 Å². The lowest BCUT2D eigenvalue weighted by molar-refractivity contribution is -0.383. The Kier molecular flexibility index (Phi) is 4.37. The van der Waals surface area contributed by atoms with Gasteiger partial charge in [0.2, 0.25) is 0 Å². The molecule has 2 N–H and O–H groups in total. The van der Waals surface area contributed by atoms with Crippen molar-refractivity contribution in [1.82, 2.24) is 0 Å². The van der Waals surface area contributed by atoms with E-state index in [1.54, 1.807) is 24.3 Å². The molecule has 0 aliphatic rings. The first kappa shape index (κ1) is 14.8. The minimum absolute atomic E-state index is 0.0948. The normalized spacial score (nSPS) is 10.4. The van der Waals surface area contributed by atoms with Crippen LogP contribution in [0, 0.1) is 15.9 Å². The van der Waals surface area contributed by atoms with Crippen LogP contribution in [0.5, 0.6) is 0 Å². The van der Waals surface area contributed by atoms with Crippen molar-refractivity contribution in [2.75, 3.05) is 17.2 Å². The molecule has 0 bridgehead atoms. The number of rotatable bonds is 5. The Balaban J connectivity index is 2.29. The molecule has 0 aromatic heterocycles. The van der Waals surface area contributed by atoms with E-state index < -0.39 is 4.92 Å². The molecule has 0 spiro atoms. The van der Waals surface area contributed by atoms with Gasteiger partial charge in [-0.3, -0.25) is 10.1 Å². The molecule has 0 unspecified atom stereocenters. The molecule has 0 aliphatic heterocycles. The summed E-state index contributed by atoms with van der Waals surface area (Å²) in [5.74, 6) is -0.301. The Morgan fingerprint density at radius 3 is 2.48 bits per heavy atom. The average Bonchev–Trinajstić information content (AvgIpc) is 2.47. The minimum Gasteiger partial charge on any atom is -0.393 e. The first-order valence-corrected chi connectivity index (χ1v) is 6.55. The molecule has 0 fully saturated rings. The van der Waals surface area contributed by atoms with Crippen molar-refractivity contribution >= 4 is 17.1 Å². The Morgan fingerprint density at radius 1 is 1.24 bits per heavy atom. The van der Waals surface area contributed by atoms with E-state index >= 15 is 0 Å². The fourth-order valence-corrected chi connectivity index (χ4v) is 2.14. The van der Waals surface area contributed by atoms with Gasteiger partial charge in [-0.15, -0.1) is 0 Å². The van der Waals surface area contributed by atoms with Crippen LogP contribution in [-0.2, 0) is 6.54 Å². The van der Waals surface area contributed by atoms with Gasteiger partial charge in [-0.2, -0.15) is 0 Å². The first-order valence-electron chi connectivity index (χ1n) is 6.55. The second-order valence-electron chi connectivity index (χ2n) is 4.60. The zero-order chi connectivity index (χ0) is 15.4. The Bertz CT molecular complexity index is 644. The van der Waals surface area contributed by atoms with Gasteiger partial charge in [-0.05, 0) is 31.2 Å². The zero-order valence-corrected chi connectivity index (χ0v) is 11.6. The number of nitro groups is 1. The zero-order valence-electron chi connectivity index (χ0n) is 11.6. The third-order valence-corrected chi connectivity index (χ3v) is 3.30. The van der Waals surface area contributed by atoms with Gasteiger partial charge >= 0.3 is 0 Å². The van der Waals surface area contributed by atoms with Gasteiger partial charge in [0.25, 0.3) is 5.69 Å². The molecule has 2 rings (SSSR count). The Labute approximate surface area is 122 Å². The van der Waals surface area contributed by atoms with E-state index in [0.29, 0.717) is 18.7 Å². The molecular weight excluding hydrogens is 273 g/mol. The van der Waals surface area contributed by atoms with Crippen molar-refractivity contribution in [3.8, 4) is 0 Å². The van der Waals surface area contributed by atoms with E-state index in [-0.39, 0.29) is 17.2 Å². The van der Waals surface area contributed by atoms with Gasteiger partial charge in [0.15, 0.2) is 0 Å². The fourth-order valence-electron chi connectivity index (χ4n) is 2.14. The van der Waals surface area contributed by atoms with Crippen LogP contribution in [0.3, 0.4) is 0 Å². The molecule has 5 nitrogen and oxygen atoms in total. The molecule has 0 saturated heterocycles. The lowest BCUT2D eigenvalue weighted by Gasteiger charge is -2.23. The van der Waals surface area contributed by atoms with Gasteiger partial charge in [0.05, 0.1) is 4.92 Å². The smallest absolute Gasteiger partial charge is 0.292 e. The minimum atomic E-state index is -0.493. The summed E-state index contributed by atoms with van der Waals surface area (Å²) in [6.45, 7) is 3.06. The number of anilines is 2. The quantitative estimate of drug-likeness (QED) is 0.520. The molecular formula is C15H16FN3O2. The van der Waals surface area contributed by atoms with Crippen LogP contribution in [0.25, 0.3) is 0 Å². The highest BCUT2D eigenvalue weighted by atomic mass is 19.1. The summed E-state index contributed by atoms with van der Waals surface area (Å²) >= 11 is 0. The van der Waals surface area contributed by atoms with Crippen LogP contribution in [0.2, 0.25) is 0 Å². The van der Waals surface area contributed by atoms with E-state index in [2.05, 4.69) is 0 Å². The average molecular weight is 289 g/mol. The summed E-state index contributed by atoms with van der Waals surface area (Å²) in [6, 6.07) is 10.9. The monoisotopic (exact) mass is 289 g/mol. The SMILES string of the molecule is CCN(Cc1cccc([N+](=O)[O-])c1N)c1ccc(F)cc1. The fraction of sp³-hybridized carbons (Fsp3) is 0.200. The number of nitro benzene ring substituents is 1. The summed E-state index contributed by atoms with van der Waals surface area (Å²) in [6.07, 6.45) is 0. The third-order valence-electron chi connectivity index (χ3n) is 3.30. The number of benzene rings is 2. The number of para-hydroxylation sites is 1. The molecule has 0 saturated carbocycles. The van der Waals surface area contributed by atoms with Crippen LogP contribution >= 0.6 is 0 Å². The number of nitrogens with zero attached hydrogens (tertiary/aromatic N) is 2. The van der Waals surface area contributed by atoms with Crippen LogP contribution in [0.4, 0.5) is 21.5 Å². The van der Waals surface area contributed by atoms with Crippen molar-refractivity contribution in [2.24, 2.45) is 0 Å². The molecule has 21 heavy (non-hydrogen) atoms. The van der Waals surface area contributed by atoms with Gasteiger partial charge in [0.1, 0.15) is 11.5 Å². The van der Waals surface area contributed by atoms with E-state index in [4.69, 9.17) is 5.73 Å². The Morgan fingerprint density at radius 2 is 1.90 bits per heavy atom. The molecule has 0 radical (unpaired) electrons. The van der Waals surface area contributed by atoms with E-state index in [1.165, 1.54) is 18.2 Å². The van der Waals surface area contributed by atoms with Gasteiger partial charge in [0, 0.05) is 30.4 Å². The maximum Gasteiger partial charge on any atom is 0.292 e. The number of nitrogens with two attached hydrogens (primary N) is 1. The summed E-state index contributed by atoms with van der Waals surface area (Å²) < 4.78 is 13.0. The van der Waals surface area contributed by atoms with Crippen molar-refractivity contribution in [3.05, 3.63) is 64.0 Å². The van der Waals surface area contributed by atoms with Crippen molar-refractivity contribution < 1.29 is 9.31 Å². The van der Waals surface area contributed by atoms with Crippen molar-refractivity contribution in [3.63, 3.8) is 0 Å². The highest BCUT2D eigenvalue weighted by molar-refractivity contribution is 5.64. The lowest BCUT2D eigenvalue weighted by atomic mass is 10.1. The van der Waals surface area contributed by atoms with Gasteiger partial charge < -0.3 is 10.6 Å². The maximum atomic E-state index is 13.0. The van der Waals surface area contributed by atoms with E-state index in [9.17, 15) is 14.5 Å². The summed E-state index contributed by atoms with van der Waals surface area (Å²) in [5.41, 5.74) is 7.45. The standard InChI is InChI=1S/C15H16FN3O2/c1-2-18(13-8-6-12(16)7-9-13)10-11-4-3-5-14(15(11)17)19(20)21/h3-9H,2,10,17H2,1H3. The first-order chi connectivity index (χ1) is 10.0. The largest absolute Gasteiger partial charge is 0.393 e. The summed E-state index contributed by atoms with van der Waals surface area (Å²) in [7, 11) is 0. The van der Waals surface area contributed by atoms with Crippen molar-refractivity contribution in [2.45, 2.75) is 13.5 Å². The predicted molar refractivity (Wildman–Crippen MR) is 80.6 cm³/mol. The molecule has 2 aromatic carbocycles. The molecule has 6 heteroatoms. The second kappa shape index (κ2) is 6.21. The van der Waals surface area contributed by atoms with Gasteiger partial charge in [-0.1, -0.05) is 12.1 Å². The number of nitrogen functional groups attached to an aromatic ring is 1. The third kappa shape index (κ3) is 3.28. The van der Waals surface area contributed by atoms with Crippen molar-refractivity contribution in [1.29, 1.82) is 0 Å². The summed E-state index contributed by atoms with van der Waals surface area (Å²) in [4.78, 5) is 12.4. The predicted octanol–water partition coefficient (Wildman–Crippen LogP) is 3.34. The Hall–Kier alpha value is -2.63. The lowest BCUT2D eigenvalue weighted by Crippen LogP contribution is -2.22. The second-order valence-corrected chi connectivity index (χ2v) is 4.60. The molecule has 0 heterocycles. The molecule has 0 amide bonds. The molecule has 2 aromatic rings. The van der Waals surface area contributed by atoms with Crippen LogP contribution in [0.1, 0.15) is 12.5 Å². The molecule has 110 valence electrons. The number of hydrogen-bond donors (Lipinski definition) is 1. The highest BCUT2D eigenvalue weighted by Crippen LogP contribution is 2.27. The molecule has 0 atom stereocenters. The van der Waals surface area contributed by atoms with Gasteiger partial charge in [-0.25, -0.2) is 4.39 Å². The number of hydrogen-bond acceptors (Lipinski definition) is 4. The number of halogens is 1. The van der Waals surface area contributed by atoms with Crippen LogP contribution in [0.15, 0.2) is 42.5 Å². The van der Waals surface area contributed by atoms with Crippen LogP contribution in [-0.4, -0.2) is 11.5 Å². The highest BCUT2D eigenvalue weighted by Gasteiger charge is 2.16. The topological polar surface area (TPSA) is 72.4 Å². The van der Waals surface area contributed by atoms with Crippen LogP contribution < -0.4 is 10.6 Å². The van der Waals surface area contributed by atoms with E-state index in [1.807, 2.05) is 11.8 Å².